The third-order valence-electron chi connectivity index (χ3n) is 4.83. The van der Waals surface area contributed by atoms with E-state index in [4.69, 9.17) is 14.2 Å². The van der Waals surface area contributed by atoms with Gasteiger partial charge in [0, 0.05) is 10.8 Å². The molecule has 4 atom stereocenters. The maximum absolute atomic E-state index is 12.2. The molecule has 0 aromatic heterocycles. The zero-order valence-electron chi connectivity index (χ0n) is 13.0. The Labute approximate surface area is 143 Å². The number of alkyl halides is 1. The van der Waals surface area contributed by atoms with Crippen molar-refractivity contribution in [1.82, 2.24) is 0 Å². The number of ether oxygens (including phenoxy) is 3. The van der Waals surface area contributed by atoms with Crippen LogP contribution in [0.5, 0.6) is 0 Å². The van der Waals surface area contributed by atoms with Gasteiger partial charge in [-0.15, -0.1) is 0 Å². The predicted octanol–water partition coefficient (Wildman–Crippen LogP) is 1.87. The van der Waals surface area contributed by atoms with Crippen LogP contribution in [0.15, 0.2) is 0 Å². The van der Waals surface area contributed by atoms with Crippen molar-refractivity contribution < 1.29 is 28.6 Å². The molecule has 0 radical (unpaired) electrons. The van der Waals surface area contributed by atoms with Crippen LogP contribution >= 0.6 is 22.6 Å². The van der Waals surface area contributed by atoms with Crippen LogP contribution in [0.4, 0.5) is 0 Å². The van der Waals surface area contributed by atoms with Gasteiger partial charge in [-0.05, 0) is 37.5 Å². The Balaban J connectivity index is 2.18. The first-order valence-electron chi connectivity index (χ1n) is 7.37. The molecule has 0 aromatic carbocycles. The van der Waals surface area contributed by atoms with E-state index in [2.05, 4.69) is 22.6 Å². The molecule has 0 saturated heterocycles. The van der Waals surface area contributed by atoms with Crippen molar-refractivity contribution in [3.8, 4) is 0 Å². The van der Waals surface area contributed by atoms with E-state index in [0.717, 1.165) is 12.8 Å². The Morgan fingerprint density at radius 1 is 0.955 bits per heavy atom. The Morgan fingerprint density at radius 3 is 1.91 bits per heavy atom. The van der Waals surface area contributed by atoms with Crippen LogP contribution in [0.3, 0.4) is 0 Å². The fourth-order valence-corrected chi connectivity index (χ4v) is 4.68. The number of rotatable bonds is 3. The van der Waals surface area contributed by atoms with Crippen molar-refractivity contribution in [2.24, 2.45) is 17.3 Å². The Bertz CT molecular complexity index is 461. The van der Waals surface area contributed by atoms with Gasteiger partial charge >= 0.3 is 17.9 Å². The van der Waals surface area contributed by atoms with Gasteiger partial charge in [0.15, 0.2) is 5.41 Å². The van der Waals surface area contributed by atoms with Gasteiger partial charge in [0.1, 0.15) is 6.10 Å². The molecule has 6 nitrogen and oxygen atoms in total. The summed E-state index contributed by atoms with van der Waals surface area (Å²) in [5.41, 5.74) is -1.16. The van der Waals surface area contributed by atoms with Crippen LogP contribution in [0.2, 0.25) is 0 Å². The minimum atomic E-state index is -1.16. The largest absolute Gasteiger partial charge is 0.468 e. The van der Waals surface area contributed by atoms with Crippen LogP contribution in [0.1, 0.15) is 32.6 Å². The predicted molar refractivity (Wildman–Crippen MR) is 85.3 cm³/mol. The summed E-state index contributed by atoms with van der Waals surface area (Å²) in [7, 11) is 2.59. The monoisotopic (exact) mass is 424 g/mol. The van der Waals surface area contributed by atoms with Crippen LogP contribution in [-0.4, -0.2) is 42.2 Å². The highest BCUT2D eigenvalue weighted by molar-refractivity contribution is 14.1. The van der Waals surface area contributed by atoms with E-state index in [0.29, 0.717) is 12.8 Å². The summed E-state index contributed by atoms with van der Waals surface area (Å²) in [6.07, 6.45) is 2.62. The smallest absolute Gasteiger partial charge is 0.323 e. The summed E-state index contributed by atoms with van der Waals surface area (Å²) < 4.78 is 15.3. The van der Waals surface area contributed by atoms with Gasteiger partial charge in [-0.3, -0.25) is 14.4 Å². The van der Waals surface area contributed by atoms with Crippen molar-refractivity contribution in [2.45, 2.75) is 42.6 Å². The van der Waals surface area contributed by atoms with Crippen LogP contribution in [-0.2, 0) is 28.6 Å². The summed E-state index contributed by atoms with van der Waals surface area (Å²) in [4.78, 5) is 35.6. The number of methoxy groups -OCH3 is 2. The van der Waals surface area contributed by atoms with Gasteiger partial charge in [-0.1, -0.05) is 22.6 Å². The number of carbonyl (C=O) groups excluding carboxylic acids is 3. The van der Waals surface area contributed by atoms with E-state index in [-0.39, 0.29) is 27.8 Å². The third-order valence-corrected chi connectivity index (χ3v) is 6.25. The third kappa shape index (κ3) is 2.83. The van der Waals surface area contributed by atoms with Crippen molar-refractivity contribution in [1.29, 1.82) is 0 Å². The number of hydrogen-bond acceptors (Lipinski definition) is 6. The molecule has 0 aromatic rings. The minimum Gasteiger partial charge on any atom is -0.468 e. The first kappa shape index (κ1) is 17.5. The molecule has 7 heteroatoms. The van der Waals surface area contributed by atoms with Crippen molar-refractivity contribution in [3.63, 3.8) is 0 Å². The summed E-state index contributed by atoms with van der Waals surface area (Å²) >= 11 is 2.28. The number of carbonyl (C=O) groups is 3. The highest BCUT2D eigenvalue weighted by Gasteiger charge is 2.75. The molecule has 2 rings (SSSR count). The lowest BCUT2D eigenvalue weighted by Gasteiger charge is -2.24. The lowest BCUT2D eigenvalue weighted by Crippen LogP contribution is -2.32. The molecule has 2 fully saturated rings. The summed E-state index contributed by atoms with van der Waals surface area (Å²) in [6.45, 7) is 1.40. The molecule has 22 heavy (non-hydrogen) atoms. The molecule has 0 unspecified atom stereocenters. The number of esters is 3. The summed E-state index contributed by atoms with van der Waals surface area (Å²) in [6, 6.07) is 0. The first-order chi connectivity index (χ1) is 10.4. The fourth-order valence-electron chi connectivity index (χ4n) is 3.82. The highest BCUT2D eigenvalue weighted by atomic mass is 127. The molecular weight excluding hydrogens is 403 g/mol. The number of fused-ring (bicyclic) bond motifs is 1. The van der Waals surface area contributed by atoms with Crippen molar-refractivity contribution in [2.75, 3.05) is 14.2 Å². The molecule has 2 aliphatic carbocycles. The zero-order valence-corrected chi connectivity index (χ0v) is 15.1. The van der Waals surface area contributed by atoms with E-state index in [9.17, 15) is 14.4 Å². The molecule has 0 N–H and O–H groups in total. The molecule has 0 amide bonds. The summed E-state index contributed by atoms with van der Waals surface area (Å²) in [5, 5.41) is 0. The Morgan fingerprint density at radius 2 is 1.45 bits per heavy atom. The second kappa shape index (κ2) is 6.72. The van der Waals surface area contributed by atoms with Crippen LogP contribution in [0.25, 0.3) is 0 Å². The second-order valence-electron chi connectivity index (χ2n) is 5.88. The fraction of sp³-hybridized carbons (Fsp3) is 0.800. The SMILES string of the molecule is COC(=O)C1(C(=O)OC)[C@@H]2CC[C@@H](OC(C)=O)[C@H](I)CC[C@@H]21. The minimum absolute atomic E-state index is 0.0389. The van der Waals surface area contributed by atoms with Gasteiger partial charge in [-0.2, -0.15) is 0 Å². The molecular formula is C15H21IO6. The average Bonchev–Trinajstić information content (AvgIpc) is 3.13. The van der Waals surface area contributed by atoms with Gasteiger partial charge in [0.25, 0.3) is 0 Å². The Hall–Kier alpha value is -0.860. The molecule has 0 heterocycles. The first-order valence-corrected chi connectivity index (χ1v) is 8.62. The van der Waals surface area contributed by atoms with E-state index in [1.807, 2.05) is 0 Å². The van der Waals surface area contributed by atoms with E-state index in [1.54, 1.807) is 0 Å². The number of halogens is 1. The van der Waals surface area contributed by atoms with Crippen LogP contribution < -0.4 is 0 Å². The van der Waals surface area contributed by atoms with Crippen molar-refractivity contribution in [3.05, 3.63) is 0 Å². The standard InChI is InChI=1S/C15H21IO6/c1-8(17)22-12-7-5-10-9(4-6-11(12)16)15(10,13(18)20-2)14(19)21-3/h9-12H,4-7H2,1-3H3/t9-,10+,11+,12+/m0/s1. The number of hydrogen-bond donors (Lipinski definition) is 0. The van der Waals surface area contributed by atoms with Gasteiger partial charge in [0.05, 0.1) is 14.2 Å². The second-order valence-corrected chi connectivity index (χ2v) is 7.48. The van der Waals surface area contributed by atoms with E-state index >= 15 is 0 Å². The topological polar surface area (TPSA) is 78.9 Å². The molecule has 0 bridgehead atoms. The van der Waals surface area contributed by atoms with Crippen LogP contribution in [0, 0.1) is 17.3 Å². The Kier molecular flexibility index (Phi) is 5.34. The molecule has 0 aliphatic heterocycles. The molecule has 2 saturated carbocycles. The zero-order chi connectivity index (χ0) is 16.5. The lowest BCUT2D eigenvalue weighted by molar-refractivity contribution is -0.163. The van der Waals surface area contributed by atoms with E-state index < -0.39 is 17.4 Å². The average molecular weight is 424 g/mol. The summed E-state index contributed by atoms with van der Waals surface area (Å²) in [5.74, 6) is -1.44. The maximum atomic E-state index is 12.2. The normalized spacial score (nSPS) is 32.7. The van der Waals surface area contributed by atoms with Gasteiger partial charge in [-0.25, -0.2) is 0 Å². The quantitative estimate of drug-likeness (QED) is 0.226. The van der Waals surface area contributed by atoms with Gasteiger partial charge in [0.2, 0.25) is 0 Å². The molecule has 2 aliphatic rings. The van der Waals surface area contributed by atoms with Crippen molar-refractivity contribution >= 4 is 40.5 Å². The molecule has 0 spiro atoms. The van der Waals surface area contributed by atoms with Gasteiger partial charge < -0.3 is 14.2 Å². The highest BCUT2D eigenvalue weighted by Crippen LogP contribution is 2.65. The molecule has 124 valence electrons. The lowest BCUT2D eigenvalue weighted by atomic mass is 9.98. The van der Waals surface area contributed by atoms with E-state index in [1.165, 1.54) is 21.1 Å². The maximum Gasteiger partial charge on any atom is 0.323 e.